The third kappa shape index (κ3) is 167. The van der Waals surface area contributed by atoms with Crippen molar-refractivity contribution in [3.05, 3.63) is 0 Å². The van der Waals surface area contributed by atoms with Gasteiger partial charge in [0.1, 0.15) is 0 Å². The molecule has 32 valence electrons. The largest absolute Gasteiger partial charge is 3.00 e. The van der Waals surface area contributed by atoms with E-state index in [1.54, 1.807) is 0 Å². The molecule has 3 nitrogen and oxygen atoms in total. The minimum Gasteiger partial charge on any atom is -0.879 e. The molecule has 0 aromatic carbocycles. The van der Waals surface area contributed by atoms with Crippen LogP contribution >= 0.6 is 0 Å². The summed E-state index contributed by atoms with van der Waals surface area (Å²) in [6.07, 6.45) is 0. The Balaban J connectivity index is 0. The van der Waals surface area contributed by atoms with E-state index in [2.05, 4.69) is 0 Å². The third-order valence-electron chi connectivity index (χ3n) is 0. The fraction of sp³-hybridized carbons (Fsp3) is 1.00. The average molecular weight is 120 g/mol. The molecular formula is CHCoO3. The van der Waals surface area contributed by atoms with E-state index in [4.69, 9.17) is 15.3 Å². The normalized spacial score (nSPS) is 7.20. The van der Waals surface area contributed by atoms with Crippen LogP contribution in [-0.2, 0) is 16.8 Å². The minimum atomic E-state index is -2.92. The quantitative estimate of drug-likeness (QED) is 0.309. The van der Waals surface area contributed by atoms with Gasteiger partial charge in [0.25, 0.3) is 0 Å². The third-order valence-corrected chi connectivity index (χ3v) is 0. The predicted molar refractivity (Wildman–Crippen MR) is 3.79 cm³/mol. The summed E-state index contributed by atoms with van der Waals surface area (Å²) >= 11 is 0. The van der Waals surface area contributed by atoms with Crippen molar-refractivity contribution in [1.82, 2.24) is 0 Å². The molecule has 0 radical (unpaired) electrons. The first-order chi connectivity index (χ1) is 1.73. The standard InChI is InChI=1S/CHO3.Co/c2-1(3)4;/h1H;/q-3;+3. The Kier molecular flexibility index (Phi) is 7.93. The molecule has 0 saturated carbocycles. The van der Waals surface area contributed by atoms with Gasteiger partial charge in [0.05, 0.1) is 0 Å². The Morgan fingerprint density at radius 2 is 1.00 bits per heavy atom. The van der Waals surface area contributed by atoms with Crippen LogP contribution in [0, 0.1) is 0 Å². The van der Waals surface area contributed by atoms with Crippen molar-refractivity contribution in [1.29, 1.82) is 0 Å². The van der Waals surface area contributed by atoms with Crippen LogP contribution < -0.4 is 15.3 Å². The fourth-order valence-corrected chi connectivity index (χ4v) is 0. The Bertz CT molecular complexity index is 11.6. The molecule has 0 amide bonds. The van der Waals surface area contributed by atoms with E-state index in [0.29, 0.717) is 0 Å². The first-order valence-corrected chi connectivity index (χ1v) is 0.707. The molecule has 0 aromatic rings. The molecule has 0 aromatic heterocycles. The molecule has 0 bridgehead atoms. The second-order valence-electron chi connectivity index (χ2n) is 0.289. The van der Waals surface area contributed by atoms with Crippen molar-refractivity contribution in [2.24, 2.45) is 0 Å². The van der Waals surface area contributed by atoms with E-state index in [1.165, 1.54) is 0 Å². The molecule has 0 atom stereocenters. The summed E-state index contributed by atoms with van der Waals surface area (Å²) in [5.41, 5.74) is 0. The summed E-state index contributed by atoms with van der Waals surface area (Å²) in [5, 5.41) is 25.2. The summed E-state index contributed by atoms with van der Waals surface area (Å²) in [4.78, 5) is 0. The molecular weight excluding hydrogens is 119 g/mol. The van der Waals surface area contributed by atoms with Crippen LogP contribution in [0.2, 0.25) is 0 Å². The van der Waals surface area contributed by atoms with Crippen LogP contribution in [-0.4, -0.2) is 6.48 Å². The Morgan fingerprint density at radius 1 is 1.00 bits per heavy atom. The second-order valence-corrected chi connectivity index (χ2v) is 0.289. The van der Waals surface area contributed by atoms with Gasteiger partial charge in [-0.25, -0.2) is 0 Å². The molecule has 0 fully saturated rings. The molecule has 0 rings (SSSR count). The molecule has 0 heterocycles. The first kappa shape index (κ1) is 9.04. The van der Waals surface area contributed by atoms with Crippen molar-refractivity contribution in [3.8, 4) is 0 Å². The SMILES string of the molecule is [Co+3].[O-]C([O-])[O-]. The molecule has 0 N–H and O–H groups in total. The summed E-state index contributed by atoms with van der Waals surface area (Å²) < 4.78 is 0. The van der Waals surface area contributed by atoms with Gasteiger partial charge in [-0.15, -0.1) is 0 Å². The van der Waals surface area contributed by atoms with E-state index in [9.17, 15) is 0 Å². The van der Waals surface area contributed by atoms with Crippen LogP contribution in [0.3, 0.4) is 0 Å². The summed E-state index contributed by atoms with van der Waals surface area (Å²) in [7, 11) is 0. The predicted octanol–water partition coefficient (Wildman–Crippen LogP) is -3.65. The Hall–Kier alpha value is 0.386. The molecule has 0 aliphatic carbocycles. The smallest absolute Gasteiger partial charge is 0.879 e. The molecule has 0 aliphatic rings. The average Bonchev–Trinajstić information content (AvgIpc) is 0.811. The molecule has 0 unspecified atom stereocenters. The summed E-state index contributed by atoms with van der Waals surface area (Å²) in [5.74, 6) is 0. The van der Waals surface area contributed by atoms with Gasteiger partial charge in [0.2, 0.25) is 0 Å². The van der Waals surface area contributed by atoms with Gasteiger partial charge in [-0.05, 0) is 0 Å². The Labute approximate surface area is 39.4 Å². The Morgan fingerprint density at radius 3 is 1.00 bits per heavy atom. The van der Waals surface area contributed by atoms with Crippen LogP contribution in [0.25, 0.3) is 0 Å². The van der Waals surface area contributed by atoms with Crippen molar-refractivity contribution in [2.75, 3.05) is 0 Å². The zero-order valence-corrected chi connectivity index (χ0v) is 3.18. The van der Waals surface area contributed by atoms with Gasteiger partial charge >= 0.3 is 16.8 Å². The van der Waals surface area contributed by atoms with Crippen molar-refractivity contribution >= 4 is 0 Å². The van der Waals surface area contributed by atoms with Crippen molar-refractivity contribution < 1.29 is 32.1 Å². The van der Waals surface area contributed by atoms with Gasteiger partial charge in [0, 0.05) is 0 Å². The van der Waals surface area contributed by atoms with Crippen LogP contribution in [0.1, 0.15) is 0 Å². The van der Waals surface area contributed by atoms with Gasteiger partial charge < -0.3 is 21.8 Å². The van der Waals surface area contributed by atoms with Gasteiger partial charge in [-0.2, -0.15) is 0 Å². The van der Waals surface area contributed by atoms with E-state index in [-0.39, 0.29) is 16.8 Å². The topological polar surface area (TPSA) is 69.2 Å². The summed E-state index contributed by atoms with van der Waals surface area (Å²) in [6, 6.07) is 0. The first-order valence-electron chi connectivity index (χ1n) is 0.707. The fourth-order valence-electron chi connectivity index (χ4n) is 0. The van der Waals surface area contributed by atoms with Crippen LogP contribution in [0.4, 0.5) is 0 Å². The van der Waals surface area contributed by atoms with E-state index in [0.717, 1.165) is 0 Å². The maximum atomic E-state index is 8.42. The van der Waals surface area contributed by atoms with Crippen LogP contribution in [0.5, 0.6) is 0 Å². The number of hydrogen-bond donors (Lipinski definition) is 0. The molecule has 0 spiro atoms. The second kappa shape index (κ2) is 4.39. The van der Waals surface area contributed by atoms with Gasteiger partial charge in [0.15, 0.2) is 0 Å². The van der Waals surface area contributed by atoms with Crippen LogP contribution in [0.15, 0.2) is 0 Å². The maximum absolute atomic E-state index is 8.42. The maximum Gasteiger partial charge on any atom is 3.00 e. The molecule has 0 saturated heterocycles. The van der Waals surface area contributed by atoms with Gasteiger partial charge in [-0.1, -0.05) is 0 Å². The number of hydrogen-bond acceptors (Lipinski definition) is 3. The molecule has 4 heteroatoms. The number of rotatable bonds is 0. The van der Waals surface area contributed by atoms with Gasteiger partial charge in [-0.3, -0.25) is 0 Å². The zero-order chi connectivity index (χ0) is 3.58. The van der Waals surface area contributed by atoms with Crippen molar-refractivity contribution in [3.63, 3.8) is 0 Å². The van der Waals surface area contributed by atoms with Crippen molar-refractivity contribution in [2.45, 2.75) is 6.48 Å². The monoisotopic (exact) mass is 120 g/mol. The summed E-state index contributed by atoms with van der Waals surface area (Å²) in [6.45, 7) is -2.92. The van der Waals surface area contributed by atoms with E-state index in [1.807, 2.05) is 0 Å². The zero-order valence-electron chi connectivity index (χ0n) is 2.14. The van der Waals surface area contributed by atoms with E-state index >= 15 is 0 Å². The minimum absolute atomic E-state index is 0. The molecule has 5 heavy (non-hydrogen) atoms. The molecule has 0 aliphatic heterocycles. The van der Waals surface area contributed by atoms with E-state index < -0.39 is 6.48 Å².